The summed E-state index contributed by atoms with van der Waals surface area (Å²) in [7, 11) is 0. The van der Waals surface area contributed by atoms with Gasteiger partial charge in [-0.15, -0.1) is 0 Å². The Labute approximate surface area is 221 Å². The monoisotopic (exact) mass is 514 g/mol. The summed E-state index contributed by atoms with van der Waals surface area (Å²) in [5.74, 6) is -2.89. The summed E-state index contributed by atoms with van der Waals surface area (Å²) in [6.07, 6.45) is 0.540. The minimum Gasteiger partial charge on any atom is -0.289 e. The molecule has 4 amide bonds. The Kier molecular flexibility index (Phi) is 5.58. The first-order chi connectivity index (χ1) is 18.8. The van der Waals surface area contributed by atoms with Crippen LogP contribution in [0.15, 0.2) is 84.9 Å². The average molecular weight is 514 g/mol. The van der Waals surface area contributed by atoms with Crippen molar-refractivity contribution in [3.63, 3.8) is 0 Å². The van der Waals surface area contributed by atoms with Crippen LogP contribution in [0.25, 0.3) is 0 Å². The van der Waals surface area contributed by atoms with Crippen LogP contribution in [-0.2, 0) is 6.42 Å². The van der Waals surface area contributed by atoms with Crippen LogP contribution >= 0.6 is 0 Å². The molecule has 8 heteroatoms. The smallest absolute Gasteiger partial charge is 0.259 e. The lowest BCUT2D eigenvalue weighted by Gasteiger charge is -2.08. The molecule has 0 spiro atoms. The molecule has 0 saturated carbocycles. The zero-order valence-electron chi connectivity index (χ0n) is 20.2. The number of benzene rings is 4. The van der Waals surface area contributed by atoms with Crippen molar-refractivity contribution in [3.05, 3.63) is 141 Å². The van der Waals surface area contributed by atoms with E-state index in [1.165, 1.54) is 24.3 Å². The van der Waals surface area contributed by atoms with Crippen molar-refractivity contribution in [2.75, 3.05) is 0 Å². The minimum atomic E-state index is -0.578. The van der Waals surface area contributed by atoms with Crippen LogP contribution in [-0.4, -0.2) is 35.2 Å². The molecule has 2 aliphatic rings. The number of rotatable bonds is 6. The van der Waals surface area contributed by atoms with Crippen molar-refractivity contribution >= 4 is 35.2 Å². The maximum absolute atomic E-state index is 13.1. The van der Waals surface area contributed by atoms with Crippen LogP contribution in [0.4, 0.5) is 0 Å². The van der Waals surface area contributed by atoms with E-state index in [9.17, 15) is 28.8 Å². The maximum Gasteiger partial charge on any atom is 0.259 e. The van der Waals surface area contributed by atoms with Gasteiger partial charge in [0.25, 0.3) is 23.6 Å². The van der Waals surface area contributed by atoms with Crippen molar-refractivity contribution in [1.82, 2.24) is 10.6 Å². The Morgan fingerprint density at radius 1 is 0.487 bits per heavy atom. The normalized spacial score (nSPS) is 13.5. The van der Waals surface area contributed by atoms with Gasteiger partial charge < -0.3 is 0 Å². The van der Waals surface area contributed by atoms with E-state index >= 15 is 0 Å². The fourth-order valence-electron chi connectivity index (χ4n) is 4.91. The van der Waals surface area contributed by atoms with Crippen LogP contribution < -0.4 is 10.6 Å². The molecule has 2 aliphatic heterocycles. The van der Waals surface area contributed by atoms with Crippen LogP contribution in [0, 0.1) is 0 Å². The van der Waals surface area contributed by atoms with Crippen LogP contribution in [0.3, 0.4) is 0 Å². The third kappa shape index (κ3) is 4.04. The van der Waals surface area contributed by atoms with E-state index in [1.54, 1.807) is 36.4 Å². The number of imide groups is 2. The van der Waals surface area contributed by atoms with Gasteiger partial charge in [-0.3, -0.25) is 39.4 Å². The molecule has 0 unspecified atom stereocenters. The molecule has 0 aliphatic carbocycles. The van der Waals surface area contributed by atoms with Crippen molar-refractivity contribution in [2.45, 2.75) is 6.42 Å². The van der Waals surface area contributed by atoms with Gasteiger partial charge in [-0.05, 0) is 29.7 Å². The quantitative estimate of drug-likeness (QED) is 0.300. The number of amides is 4. The molecule has 0 aromatic heterocycles. The van der Waals surface area contributed by atoms with E-state index < -0.39 is 23.6 Å². The maximum atomic E-state index is 13.1. The minimum absolute atomic E-state index is 0.0962. The first-order valence-electron chi connectivity index (χ1n) is 12.1. The molecule has 2 heterocycles. The Morgan fingerprint density at radius 3 is 1.26 bits per heavy atom. The molecule has 188 valence electrons. The molecular weight excluding hydrogens is 496 g/mol. The molecule has 4 aromatic rings. The molecule has 2 N–H and O–H groups in total. The molecule has 6 rings (SSSR count). The highest BCUT2D eigenvalue weighted by Gasteiger charge is 2.32. The van der Waals surface area contributed by atoms with E-state index in [1.807, 2.05) is 24.3 Å². The van der Waals surface area contributed by atoms with E-state index in [0.717, 1.165) is 11.1 Å². The molecule has 0 bridgehead atoms. The van der Waals surface area contributed by atoms with Gasteiger partial charge in [-0.1, -0.05) is 72.8 Å². The van der Waals surface area contributed by atoms with E-state index in [-0.39, 0.29) is 44.9 Å². The summed E-state index contributed by atoms with van der Waals surface area (Å²) in [6, 6.07) is 23.2. The van der Waals surface area contributed by atoms with Crippen LogP contribution in [0.2, 0.25) is 0 Å². The second-order valence-corrected chi connectivity index (χ2v) is 9.25. The number of carbonyl (C=O) groups is 6. The van der Waals surface area contributed by atoms with Gasteiger partial charge in [-0.2, -0.15) is 0 Å². The number of hydrogen-bond donors (Lipinski definition) is 2. The number of carbonyl (C=O) groups excluding carboxylic acids is 6. The largest absolute Gasteiger partial charge is 0.289 e. The molecule has 4 aromatic carbocycles. The lowest BCUT2D eigenvalue weighted by molar-refractivity contribution is 0.0862. The molecule has 0 atom stereocenters. The second-order valence-electron chi connectivity index (χ2n) is 9.25. The summed E-state index contributed by atoms with van der Waals surface area (Å²) in [5, 5.41) is 4.44. The Balaban J connectivity index is 1.18. The summed E-state index contributed by atoms with van der Waals surface area (Å²) in [5.41, 5.74) is 3.55. The summed E-state index contributed by atoms with van der Waals surface area (Å²) in [4.78, 5) is 74.4. The second kappa shape index (κ2) is 9.11. The fraction of sp³-hybridized carbons (Fsp3) is 0.0323. The zero-order chi connectivity index (χ0) is 27.3. The number of nitrogens with one attached hydrogen (secondary N) is 2. The molecular formula is C31H18N2O6. The molecule has 8 nitrogen and oxygen atoms in total. The Morgan fingerprint density at radius 2 is 0.872 bits per heavy atom. The van der Waals surface area contributed by atoms with Crippen molar-refractivity contribution in [2.24, 2.45) is 0 Å². The third-order valence-corrected chi connectivity index (χ3v) is 6.86. The molecule has 0 fully saturated rings. The van der Waals surface area contributed by atoms with Gasteiger partial charge in [0.1, 0.15) is 0 Å². The van der Waals surface area contributed by atoms with E-state index in [4.69, 9.17) is 0 Å². The predicted molar refractivity (Wildman–Crippen MR) is 139 cm³/mol. The van der Waals surface area contributed by atoms with Crippen molar-refractivity contribution in [3.8, 4) is 0 Å². The number of fused-ring (bicyclic) bond motifs is 2. The van der Waals surface area contributed by atoms with Crippen LogP contribution in [0.1, 0.15) is 84.4 Å². The molecule has 0 saturated heterocycles. The predicted octanol–water partition coefficient (Wildman–Crippen LogP) is 3.51. The van der Waals surface area contributed by atoms with Crippen molar-refractivity contribution < 1.29 is 28.8 Å². The van der Waals surface area contributed by atoms with E-state index in [0.29, 0.717) is 17.5 Å². The van der Waals surface area contributed by atoms with Gasteiger partial charge >= 0.3 is 0 Å². The van der Waals surface area contributed by atoms with E-state index in [2.05, 4.69) is 10.6 Å². The summed E-state index contributed by atoms with van der Waals surface area (Å²) in [6.45, 7) is 0. The van der Waals surface area contributed by atoms with Crippen molar-refractivity contribution in [1.29, 1.82) is 0 Å². The highest BCUT2D eigenvalue weighted by molar-refractivity contribution is 6.27. The number of hydrogen-bond acceptors (Lipinski definition) is 6. The first kappa shape index (κ1) is 23.9. The standard InChI is InChI=1S/C31H18N2O6/c34-26(20-3-1-5-22-24(20)30(38)32-28(22)36)18-11-7-16(8-12-18)15-17-9-13-19(14-10-17)27(35)21-4-2-6-23-25(21)31(39)33-29(23)37/h1-14H,15H2,(H,32,36,38)(H,33,37,39). The zero-order valence-corrected chi connectivity index (χ0v) is 20.2. The Hall–Kier alpha value is -5.50. The van der Waals surface area contributed by atoms with Crippen LogP contribution in [0.5, 0.6) is 0 Å². The van der Waals surface area contributed by atoms with Gasteiger partial charge in [0.2, 0.25) is 0 Å². The third-order valence-electron chi connectivity index (χ3n) is 6.86. The highest BCUT2D eigenvalue weighted by Crippen LogP contribution is 2.25. The van der Waals surface area contributed by atoms with Gasteiger partial charge in [0.15, 0.2) is 11.6 Å². The van der Waals surface area contributed by atoms with Gasteiger partial charge in [0.05, 0.1) is 22.3 Å². The lowest BCUT2D eigenvalue weighted by Crippen LogP contribution is -2.20. The fourth-order valence-corrected chi connectivity index (χ4v) is 4.91. The number of ketones is 2. The summed E-state index contributed by atoms with van der Waals surface area (Å²) >= 11 is 0. The molecule has 39 heavy (non-hydrogen) atoms. The SMILES string of the molecule is O=C1NC(=O)c2c1cccc2C(=O)c1ccc(Cc2ccc(C(=O)c3cccc4c3C(=O)NC4=O)cc2)cc1. The summed E-state index contributed by atoms with van der Waals surface area (Å²) < 4.78 is 0. The first-order valence-corrected chi connectivity index (χ1v) is 12.1. The highest BCUT2D eigenvalue weighted by atomic mass is 16.2. The Bertz CT molecular complexity index is 1640. The molecule has 0 radical (unpaired) electrons. The van der Waals surface area contributed by atoms with Gasteiger partial charge in [-0.25, -0.2) is 0 Å². The van der Waals surface area contributed by atoms with Gasteiger partial charge in [0, 0.05) is 22.3 Å². The topological polar surface area (TPSA) is 126 Å². The lowest BCUT2D eigenvalue weighted by atomic mass is 9.93. The average Bonchev–Trinajstić information content (AvgIpc) is 3.42.